The topological polar surface area (TPSA) is 96.0 Å². The Kier molecular flexibility index (Phi) is 9.72. The van der Waals surface area contributed by atoms with E-state index in [4.69, 9.17) is 4.74 Å². The SMILES string of the molecule is CCCNC(=O)C(C)N(Cc1ccc(Br)cc1)C(=O)CN(c1cccc(OC)c1)S(C)(=O)=O. The highest BCUT2D eigenvalue weighted by Crippen LogP contribution is 2.24. The number of halogens is 1. The van der Waals surface area contributed by atoms with Crippen LogP contribution in [0.4, 0.5) is 5.69 Å². The lowest BCUT2D eigenvalue weighted by Gasteiger charge is -2.31. The zero-order chi connectivity index (χ0) is 24.6. The summed E-state index contributed by atoms with van der Waals surface area (Å²) in [7, 11) is -2.31. The summed E-state index contributed by atoms with van der Waals surface area (Å²) in [6, 6.07) is 13.1. The normalized spacial score (nSPS) is 12.0. The van der Waals surface area contributed by atoms with E-state index < -0.39 is 28.5 Å². The number of benzene rings is 2. The molecule has 180 valence electrons. The molecule has 10 heteroatoms. The lowest BCUT2D eigenvalue weighted by molar-refractivity contribution is -0.139. The highest BCUT2D eigenvalue weighted by atomic mass is 79.9. The predicted octanol–water partition coefficient (Wildman–Crippen LogP) is 3.17. The molecule has 0 aliphatic heterocycles. The van der Waals surface area contributed by atoms with Gasteiger partial charge in [-0.15, -0.1) is 0 Å². The average molecular weight is 540 g/mol. The Balaban J connectivity index is 2.37. The molecule has 1 N–H and O–H groups in total. The molecule has 8 nitrogen and oxygen atoms in total. The van der Waals surface area contributed by atoms with Crippen molar-refractivity contribution in [2.45, 2.75) is 32.9 Å². The van der Waals surface area contributed by atoms with Gasteiger partial charge in [0.1, 0.15) is 18.3 Å². The number of nitrogens with zero attached hydrogens (tertiary/aromatic N) is 2. The summed E-state index contributed by atoms with van der Waals surface area (Å²) < 4.78 is 32.2. The maximum atomic E-state index is 13.4. The number of sulfonamides is 1. The molecule has 0 spiro atoms. The van der Waals surface area contributed by atoms with Crippen LogP contribution in [0.1, 0.15) is 25.8 Å². The lowest BCUT2D eigenvalue weighted by Crippen LogP contribution is -2.51. The van der Waals surface area contributed by atoms with Gasteiger partial charge in [0.25, 0.3) is 0 Å². The minimum atomic E-state index is -3.79. The maximum Gasteiger partial charge on any atom is 0.244 e. The van der Waals surface area contributed by atoms with E-state index >= 15 is 0 Å². The number of carbonyl (C=O) groups is 2. The van der Waals surface area contributed by atoms with Crippen LogP contribution >= 0.6 is 15.9 Å². The standard InChI is InChI=1S/C23H30BrN3O5S/c1-5-13-25-23(29)17(2)26(15-18-9-11-19(24)12-10-18)22(28)16-27(33(4,30)31)20-7-6-8-21(14-20)32-3/h6-12,14,17H,5,13,15-16H2,1-4H3,(H,25,29). The zero-order valence-electron chi connectivity index (χ0n) is 19.2. The Morgan fingerprint density at radius 1 is 1.15 bits per heavy atom. The highest BCUT2D eigenvalue weighted by Gasteiger charge is 2.30. The Morgan fingerprint density at radius 3 is 2.39 bits per heavy atom. The zero-order valence-corrected chi connectivity index (χ0v) is 21.6. The molecule has 0 saturated heterocycles. The Morgan fingerprint density at radius 2 is 1.82 bits per heavy atom. The molecule has 2 amide bonds. The molecular formula is C23H30BrN3O5S. The van der Waals surface area contributed by atoms with Gasteiger partial charge in [-0.25, -0.2) is 8.42 Å². The summed E-state index contributed by atoms with van der Waals surface area (Å²) >= 11 is 3.39. The van der Waals surface area contributed by atoms with Crippen molar-refractivity contribution >= 4 is 43.5 Å². The van der Waals surface area contributed by atoms with Gasteiger partial charge in [0.05, 0.1) is 19.1 Å². The number of amides is 2. The van der Waals surface area contributed by atoms with Crippen molar-refractivity contribution < 1.29 is 22.7 Å². The fourth-order valence-corrected chi connectivity index (χ4v) is 4.25. The second kappa shape index (κ2) is 12.0. The third kappa shape index (κ3) is 7.75. The first-order chi connectivity index (χ1) is 15.6. The van der Waals surface area contributed by atoms with E-state index in [1.54, 1.807) is 31.2 Å². The fraction of sp³-hybridized carbons (Fsp3) is 0.391. The molecule has 0 aromatic heterocycles. The molecule has 2 rings (SSSR count). The van der Waals surface area contributed by atoms with Crippen LogP contribution in [0.15, 0.2) is 53.0 Å². The fourth-order valence-electron chi connectivity index (χ4n) is 3.14. The number of rotatable bonds is 11. The summed E-state index contributed by atoms with van der Waals surface area (Å²) in [5.41, 5.74) is 1.12. The van der Waals surface area contributed by atoms with Gasteiger partial charge >= 0.3 is 0 Å². The number of anilines is 1. The summed E-state index contributed by atoms with van der Waals surface area (Å²) in [4.78, 5) is 27.5. The van der Waals surface area contributed by atoms with Crippen LogP contribution in [0.3, 0.4) is 0 Å². The van der Waals surface area contributed by atoms with E-state index in [0.717, 1.165) is 27.0 Å². The third-order valence-electron chi connectivity index (χ3n) is 5.00. The van der Waals surface area contributed by atoms with Crippen molar-refractivity contribution in [2.24, 2.45) is 0 Å². The highest BCUT2D eigenvalue weighted by molar-refractivity contribution is 9.10. The maximum absolute atomic E-state index is 13.4. The molecule has 0 aliphatic rings. The van der Waals surface area contributed by atoms with Gasteiger partial charge in [0, 0.05) is 23.6 Å². The molecule has 0 heterocycles. The van der Waals surface area contributed by atoms with Gasteiger partial charge in [0.15, 0.2) is 0 Å². The van der Waals surface area contributed by atoms with Gasteiger partial charge in [0.2, 0.25) is 21.8 Å². The van der Waals surface area contributed by atoms with Gasteiger partial charge in [-0.3, -0.25) is 13.9 Å². The monoisotopic (exact) mass is 539 g/mol. The number of hydrogen-bond acceptors (Lipinski definition) is 5. The van der Waals surface area contributed by atoms with E-state index in [1.807, 2.05) is 31.2 Å². The first kappa shape index (κ1) is 26.7. The van der Waals surface area contributed by atoms with Crippen LogP contribution in [0.2, 0.25) is 0 Å². The van der Waals surface area contributed by atoms with Crippen LogP contribution in [0.5, 0.6) is 5.75 Å². The molecule has 1 atom stereocenters. The molecule has 2 aromatic carbocycles. The van der Waals surface area contributed by atoms with Gasteiger partial charge in [-0.1, -0.05) is 41.1 Å². The van der Waals surface area contributed by atoms with Crippen molar-refractivity contribution in [1.82, 2.24) is 10.2 Å². The number of ether oxygens (including phenoxy) is 1. The smallest absolute Gasteiger partial charge is 0.244 e. The Hall–Kier alpha value is -2.59. The van der Waals surface area contributed by atoms with E-state index in [2.05, 4.69) is 21.2 Å². The Bertz CT molecular complexity index is 1060. The third-order valence-corrected chi connectivity index (χ3v) is 6.67. The first-order valence-corrected chi connectivity index (χ1v) is 13.1. The molecule has 0 saturated carbocycles. The number of methoxy groups -OCH3 is 1. The second-order valence-corrected chi connectivity index (χ2v) is 10.4. The quantitative estimate of drug-likeness (QED) is 0.473. The minimum absolute atomic E-state index is 0.155. The molecule has 0 fully saturated rings. The van der Waals surface area contributed by atoms with Crippen molar-refractivity contribution in [3.05, 3.63) is 58.6 Å². The molecular weight excluding hydrogens is 510 g/mol. The largest absolute Gasteiger partial charge is 0.497 e. The van der Waals surface area contributed by atoms with Crippen molar-refractivity contribution in [3.63, 3.8) is 0 Å². The number of nitrogens with one attached hydrogen (secondary N) is 1. The number of carbonyl (C=O) groups excluding carboxylic acids is 2. The predicted molar refractivity (Wildman–Crippen MR) is 133 cm³/mol. The van der Waals surface area contributed by atoms with Crippen molar-refractivity contribution in [3.8, 4) is 5.75 Å². The van der Waals surface area contributed by atoms with Gasteiger partial charge in [-0.2, -0.15) is 0 Å². The van der Waals surface area contributed by atoms with Crippen LogP contribution in [0, 0.1) is 0 Å². The van der Waals surface area contributed by atoms with Crippen LogP contribution in [0.25, 0.3) is 0 Å². The first-order valence-electron chi connectivity index (χ1n) is 10.5. The van der Waals surface area contributed by atoms with E-state index in [9.17, 15) is 18.0 Å². The van der Waals surface area contributed by atoms with E-state index in [1.165, 1.54) is 12.0 Å². The molecule has 1 unspecified atom stereocenters. The summed E-state index contributed by atoms with van der Waals surface area (Å²) in [5.74, 6) is -0.326. The van der Waals surface area contributed by atoms with Crippen LogP contribution in [-0.4, -0.2) is 57.6 Å². The molecule has 0 aliphatic carbocycles. The number of hydrogen-bond donors (Lipinski definition) is 1. The minimum Gasteiger partial charge on any atom is -0.497 e. The van der Waals surface area contributed by atoms with E-state index in [0.29, 0.717) is 18.0 Å². The van der Waals surface area contributed by atoms with Gasteiger partial charge in [-0.05, 0) is 43.2 Å². The van der Waals surface area contributed by atoms with Crippen LogP contribution in [-0.2, 0) is 26.2 Å². The molecule has 0 radical (unpaired) electrons. The molecule has 2 aromatic rings. The summed E-state index contributed by atoms with van der Waals surface area (Å²) in [6.45, 7) is 3.77. The van der Waals surface area contributed by atoms with Crippen molar-refractivity contribution in [2.75, 3.05) is 30.8 Å². The summed E-state index contributed by atoms with van der Waals surface area (Å²) in [6.07, 6.45) is 1.80. The molecule has 33 heavy (non-hydrogen) atoms. The van der Waals surface area contributed by atoms with E-state index in [-0.39, 0.29) is 12.5 Å². The van der Waals surface area contributed by atoms with Crippen LogP contribution < -0.4 is 14.4 Å². The average Bonchev–Trinajstić information content (AvgIpc) is 2.79. The summed E-state index contributed by atoms with van der Waals surface area (Å²) in [5, 5.41) is 2.80. The Labute approximate surface area is 204 Å². The molecule has 0 bridgehead atoms. The van der Waals surface area contributed by atoms with Gasteiger partial charge < -0.3 is 15.0 Å². The second-order valence-electron chi connectivity index (χ2n) is 7.59. The van der Waals surface area contributed by atoms with Crippen molar-refractivity contribution in [1.29, 1.82) is 0 Å². The lowest BCUT2D eigenvalue weighted by atomic mass is 10.1.